The lowest BCUT2D eigenvalue weighted by molar-refractivity contribution is -0.232. The molecule has 0 radical (unpaired) electrons. The predicted molar refractivity (Wildman–Crippen MR) is 105 cm³/mol. The number of hydrogen-bond acceptors (Lipinski definition) is 6. The lowest BCUT2D eigenvalue weighted by Crippen LogP contribution is -2.67. The van der Waals surface area contributed by atoms with Gasteiger partial charge in [-0.25, -0.2) is 0 Å². The van der Waals surface area contributed by atoms with E-state index in [4.69, 9.17) is 14.2 Å². The fourth-order valence-corrected chi connectivity index (χ4v) is 8.06. The zero-order valence-electron chi connectivity index (χ0n) is 18.3. The Labute approximate surface area is 173 Å². The molecule has 4 aliphatic rings. The number of hydrogen-bond donors (Lipinski definition) is 0. The fraction of sp³-hybridized carbons (Fsp3) is 0.870. The van der Waals surface area contributed by atoms with Crippen molar-refractivity contribution in [2.24, 2.45) is 39.9 Å². The van der Waals surface area contributed by atoms with E-state index >= 15 is 0 Å². The second-order valence-electron chi connectivity index (χ2n) is 10.7. The van der Waals surface area contributed by atoms with Crippen LogP contribution < -0.4 is 0 Å². The van der Waals surface area contributed by atoms with E-state index in [9.17, 15) is 14.4 Å². The Balaban J connectivity index is 1.85. The molecule has 1 saturated heterocycles. The normalized spacial score (nSPS) is 45.3. The van der Waals surface area contributed by atoms with Gasteiger partial charge >= 0.3 is 17.9 Å². The SMILES string of the molecule is COC(=O)C1CCC2C3(C)CCCC(C)(C)C3CC(OC(C)=O)C23COC(=O)C13. The molecular weight excluding hydrogens is 372 g/mol. The summed E-state index contributed by atoms with van der Waals surface area (Å²) < 4.78 is 16.6. The van der Waals surface area contributed by atoms with Crippen molar-refractivity contribution in [3.63, 3.8) is 0 Å². The Bertz CT molecular complexity index is 729. The fourth-order valence-electron chi connectivity index (χ4n) is 8.06. The highest BCUT2D eigenvalue weighted by Crippen LogP contribution is 2.71. The Morgan fingerprint density at radius 3 is 2.48 bits per heavy atom. The molecule has 6 nitrogen and oxygen atoms in total. The number of cyclic esters (lactones) is 1. The summed E-state index contributed by atoms with van der Waals surface area (Å²) in [6.07, 6.45) is 5.17. The van der Waals surface area contributed by atoms with E-state index in [1.165, 1.54) is 14.0 Å². The molecule has 1 aliphatic heterocycles. The van der Waals surface area contributed by atoms with Crippen LogP contribution in [0.3, 0.4) is 0 Å². The molecule has 7 unspecified atom stereocenters. The predicted octanol–water partition coefficient (Wildman–Crippen LogP) is 3.51. The van der Waals surface area contributed by atoms with Crippen LogP contribution >= 0.6 is 0 Å². The largest absolute Gasteiger partial charge is 0.469 e. The first-order chi connectivity index (χ1) is 13.6. The molecule has 4 rings (SSSR count). The Morgan fingerprint density at radius 2 is 1.83 bits per heavy atom. The average molecular weight is 407 g/mol. The van der Waals surface area contributed by atoms with Crippen LogP contribution in [0.15, 0.2) is 0 Å². The molecule has 0 aromatic heterocycles. The molecule has 0 aromatic carbocycles. The molecule has 0 amide bonds. The molecule has 7 atom stereocenters. The van der Waals surface area contributed by atoms with Crippen molar-refractivity contribution in [1.82, 2.24) is 0 Å². The maximum atomic E-state index is 12.9. The summed E-state index contributed by atoms with van der Waals surface area (Å²) in [7, 11) is 1.37. The van der Waals surface area contributed by atoms with Crippen molar-refractivity contribution in [3.05, 3.63) is 0 Å². The van der Waals surface area contributed by atoms with Crippen molar-refractivity contribution >= 4 is 17.9 Å². The topological polar surface area (TPSA) is 78.9 Å². The number of ether oxygens (including phenoxy) is 3. The molecule has 3 aliphatic carbocycles. The standard InChI is InChI=1S/C23H34O6/c1-13(24)29-17-11-16-21(2,3)9-6-10-22(16,4)15-8-7-14(19(25)27-5)18-20(26)28-12-23(15,17)18/h14-18H,6-12H2,1-5H3. The number of methoxy groups -OCH3 is 1. The van der Waals surface area contributed by atoms with Crippen molar-refractivity contribution in [2.45, 2.75) is 72.3 Å². The maximum Gasteiger partial charge on any atom is 0.310 e. The highest BCUT2D eigenvalue weighted by molar-refractivity contribution is 5.85. The molecule has 0 bridgehead atoms. The number of fused-ring (bicyclic) bond motifs is 2. The molecule has 1 spiro atoms. The Hall–Kier alpha value is -1.59. The van der Waals surface area contributed by atoms with Crippen LogP contribution in [-0.4, -0.2) is 37.7 Å². The second-order valence-corrected chi connectivity index (χ2v) is 10.7. The highest BCUT2D eigenvalue weighted by Gasteiger charge is 2.73. The van der Waals surface area contributed by atoms with Gasteiger partial charge in [-0.05, 0) is 54.8 Å². The van der Waals surface area contributed by atoms with Crippen LogP contribution in [0, 0.1) is 39.9 Å². The highest BCUT2D eigenvalue weighted by atomic mass is 16.6. The van der Waals surface area contributed by atoms with E-state index in [1.54, 1.807) is 0 Å². The molecule has 1 heterocycles. The van der Waals surface area contributed by atoms with Gasteiger partial charge in [-0.15, -0.1) is 0 Å². The summed E-state index contributed by atoms with van der Waals surface area (Å²) >= 11 is 0. The summed E-state index contributed by atoms with van der Waals surface area (Å²) in [5, 5.41) is 0. The summed E-state index contributed by atoms with van der Waals surface area (Å²) in [5.74, 6) is -1.57. The molecule has 162 valence electrons. The summed E-state index contributed by atoms with van der Waals surface area (Å²) in [5.41, 5.74) is -0.463. The zero-order valence-corrected chi connectivity index (χ0v) is 18.3. The maximum absolute atomic E-state index is 12.9. The van der Waals surface area contributed by atoms with Crippen LogP contribution in [0.25, 0.3) is 0 Å². The first kappa shape index (κ1) is 20.7. The third kappa shape index (κ3) is 2.77. The third-order valence-corrected chi connectivity index (χ3v) is 9.05. The molecule has 3 saturated carbocycles. The van der Waals surface area contributed by atoms with Crippen LogP contribution in [0.5, 0.6) is 0 Å². The number of esters is 3. The lowest BCUT2D eigenvalue weighted by Gasteiger charge is -2.66. The summed E-state index contributed by atoms with van der Waals surface area (Å²) in [6.45, 7) is 8.68. The molecule has 29 heavy (non-hydrogen) atoms. The van der Waals surface area contributed by atoms with E-state index in [2.05, 4.69) is 20.8 Å². The molecule has 6 heteroatoms. The minimum atomic E-state index is -0.640. The third-order valence-electron chi connectivity index (χ3n) is 9.05. The number of carbonyl (C=O) groups excluding carboxylic acids is 3. The van der Waals surface area contributed by atoms with Gasteiger partial charge in [0, 0.05) is 6.92 Å². The molecule has 0 aromatic rings. The van der Waals surface area contributed by atoms with Crippen LogP contribution in [0.4, 0.5) is 0 Å². The van der Waals surface area contributed by atoms with Gasteiger partial charge in [-0.1, -0.05) is 27.2 Å². The van der Waals surface area contributed by atoms with E-state index in [-0.39, 0.29) is 41.3 Å². The second kappa shape index (κ2) is 6.71. The summed E-state index contributed by atoms with van der Waals surface area (Å²) in [4.78, 5) is 37.6. The van der Waals surface area contributed by atoms with Gasteiger partial charge < -0.3 is 14.2 Å². The van der Waals surface area contributed by atoms with Gasteiger partial charge in [0.2, 0.25) is 0 Å². The van der Waals surface area contributed by atoms with Gasteiger partial charge in [0.25, 0.3) is 0 Å². The monoisotopic (exact) mass is 406 g/mol. The van der Waals surface area contributed by atoms with Gasteiger partial charge in [-0.3, -0.25) is 14.4 Å². The van der Waals surface area contributed by atoms with Gasteiger partial charge in [0.1, 0.15) is 12.7 Å². The van der Waals surface area contributed by atoms with Crippen molar-refractivity contribution < 1.29 is 28.6 Å². The first-order valence-electron chi connectivity index (χ1n) is 11.0. The lowest BCUT2D eigenvalue weighted by atomic mass is 9.38. The smallest absolute Gasteiger partial charge is 0.310 e. The van der Waals surface area contributed by atoms with Crippen LogP contribution in [0.2, 0.25) is 0 Å². The number of rotatable bonds is 2. The van der Waals surface area contributed by atoms with E-state index in [0.29, 0.717) is 12.3 Å². The Morgan fingerprint density at radius 1 is 1.10 bits per heavy atom. The molecule has 4 fully saturated rings. The molecular formula is C23H34O6. The van der Waals surface area contributed by atoms with Gasteiger partial charge in [-0.2, -0.15) is 0 Å². The average Bonchev–Trinajstić information content (AvgIpc) is 2.99. The first-order valence-corrected chi connectivity index (χ1v) is 11.0. The van der Waals surface area contributed by atoms with Crippen molar-refractivity contribution in [3.8, 4) is 0 Å². The zero-order chi connectivity index (χ0) is 21.2. The van der Waals surface area contributed by atoms with Gasteiger partial charge in [0.05, 0.1) is 24.4 Å². The van der Waals surface area contributed by atoms with Crippen LogP contribution in [-0.2, 0) is 28.6 Å². The van der Waals surface area contributed by atoms with Gasteiger partial charge in [0.15, 0.2) is 0 Å². The minimum Gasteiger partial charge on any atom is -0.469 e. The minimum absolute atomic E-state index is 0.0335. The van der Waals surface area contributed by atoms with Crippen molar-refractivity contribution in [1.29, 1.82) is 0 Å². The van der Waals surface area contributed by atoms with E-state index in [1.807, 2.05) is 0 Å². The van der Waals surface area contributed by atoms with Crippen molar-refractivity contribution in [2.75, 3.05) is 13.7 Å². The van der Waals surface area contributed by atoms with E-state index < -0.39 is 23.4 Å². The van der Waals surface area contributed by atoms with E-state index in [0.717, 1.165) is 32.1 Å². The Kier molecular flexibility index (Phi) is 4.78. The van der Waals surface area contributed by atoms with Crippen LogP contribution in [0.1, 0.15) is 66.2 Å². The number of carbonyl (C=O) groups is 3. The summed E-state index contributed by atoms with van der Waals surface area (Å²) in [6, 6.07) is 0. The molecule has 0 N–H and O–H groups in total. The quantitative estimate of drug-likeness (QED) is 0.516.